The molecule has 0 unspecified atom stereocenters. The third-order valence-electron chi connectivity index (χ3n) is 5.78. The Kier molecular flexibility index (Phi) is 5.92. The summed E-state index contributed by atoms with van der Waals surface area (Å²) in [6.07, 6.45) is 0.818. The van der Waals surface area contributed by atoms with Crippen LogP contribution in [0.3, 0.4) is 0 Å². The second kappa shape index (κ2) is 8.62. The van der Waals surface area contributed by atoms with E-state index in [4.69, 9.17) is 14.5 Å². The van der Waals surface area contributed by atoms with E-state index >= 15 is 0 Å². The number of carbonyl (C=O) groups is 1. The van der Waals surface area contributed by atoms with Gasteiger partial charge in [-0.2, -0.15) is 0 Å². The second-order valence-electron chi connectivity index (χ2n) is 7.65. The first-order valence-corrected chi connectivity index (χ1v) is 10.9. The molecule has 0 bridgehead atoms. The number of benzene rings is 2. The van der Waals surface area contributed by atoms with Crippen LogP contribution in [0.5, 0.6) is 11.5 Å². The van der Waals surface area contributed by atoms with Crippen LogP contribution in [0.4, 0.5) is 0 Å². The Labute approximate surface area is 181 Å². The summed E-state index contributed by atoms with van der Waals surface area (Å²) in [6, 6.07) is 12.2. The van der Waals surface area contributed by atoms with Crippen molar-refractivity contribution in [2.45, 2.75) is 25.9 Å². The largest absolute Gasteiger partial charge is 0.493 e. The Morgan fingerprint density at radius 1 is 1.20 bits per heavy atom. The van der Waals surface area contributed by atoms with Gasteiger partial charge in [0.25, 0.3) is 0 Å². The van der Waals surface area contributed by atoms with Crippen LogP contribution in [0.2, 0.25) is 0 Å². The molecule has 0 saturated heterocycles. The first kappa shape index (κ1) is 20.6. The predicted octanol–water partition coefficient (Wildman–Crippen LogP) is 3.89. The smallest absolute Gasteiger partial charge is 0.237 e. The van der Waals surface area contributed by atoms with Crippen LogP contribution in [0.1, 0.15) is 29.1 Å². The van der Waals surface area contributed by atoms with E-state index in [1.807, 2.05) is 42.3 Å². The van der Waals surface area contributed by atoms with Gasteiger partial charge in [-0.15, -0.1) is 11.3 Å². The third kappa shape index (κ3) is 4.00. The van der Waals surface area contributed by atoms with Crippen LogP contribution >= 0.6 is 11.3 Å². The number of aromatic nitrogens is 1. The molecule has 1 atom stereocenters. The van der Waals surface area contributed by atoms with Crippen LogP contribution in [0.15, 0.2) is 36.4 Å². The minimum atomic E-state index is 0.0767. The number of hydrogen-bond acceptors (Lipinski definition) is 6. The van der Waals surface area contributed by atoms with Crippen molar-refractivity contribution in [3.63, 3.8) is 0 Å². The van der Waals surface area contributed by atoms with Crippen LogP contribution in [0, 0.1) is 0 Å². The average Bonchev–Trinajstić information content (AvgIpc) is 3.21. The molecule has 1 aliphatic heterocycles. The van der Waals surface area contributed by atoms with Gasteiger partial charge in [0.2, 0.25) is 5.91 Å². The lowest BCUT2D eigenvalue weighted by Crippen LogP contribution is -2.42. The van der Waals surface area contributed by atoms with Crippen LogP contribution in [-0.4, -0.2) is 55.0 Å². The van der Waals surface area contributed by atoms with Gasteiger partial charge in [-0.05, 0) is 55.8 Å². The number of likely N-dealkylation sites (N-methyl/N-ethyl adjacent to an activating group) is 1. The van der Waals surface area contributed by atoms with E-state index in [2.05, 4.69) is 17.9 Å². The highest BCUT2D eigenvalue weighted by atomic mass is 32.1. The maximum atomic E-state index is 13.0. The summed E-state index contributed by atoms with van der Waals surface area (Å²) in [7, 11) is 5.26. The molecule has 0 N–H and O–H groups in total. The molecular formula is C23H27N3O3S. The van der Waals surface area contributed by atoms with E-state index < -0.39 is 0 Å². The Morgan fingerprint density at radius 3 is 2.60 bits per heavy atom. The molecule has 0 saturated carbocycles. The minimum absolute atomic E-state index is 0.0767. The summed E-state index contributed by atoms with van der Waals surface area (Å²) in [5.74, 6) is 1.57. The number of ether oxygens (including phenoxy) is 2. The fraction of sp³-hybridized carbons (Fsp3) is 0.391. The van der Waals surface area contributed by atoms with Gasteiger partial charge in [-0.25, -0.2) is 4.98 Å². The highest BCUT2D eigenvalue weighted by Gasteiger charge is 2.25. The Morgan fingerprint density at radius 2 is 1.90 bits per heavy atom. The van der Waals surface area contributed by atoms with E-state index in [1.165, 1.54) is 10.3 Å². The number of fused-ring (bicyclic) bond motifs is 2. The zero-order valence-electron chi connectivity index (χ0n) is 17.8. The van der Waals surface area contributed by atoms with Crippen molar-refractivity contribution >= 4 is 27.5 Å². The van der Waals surface area contributed by atoms with Gasteiger partial charge >= 0.3 is 0 Å². The summed E-state index contributed by atoms with van der Waals surface area (Å²) in [4.78, 5) is 21.8. The molecule has 2 heterocycles. The SMILES string of the molecule is COc1cc2c(cc1OC)CN(C(=O)CN(C)[C@H](C)c1nc3ccccc3s1)CC2. The van der Waals surface area contributed by atoms with E-state index in [0.717, 1.165) is 28.3 Å². The molecule has 0 aliphatic carbocycles. The molecule has 30 heavy (non-hydrogen) atoms. The standard InChI is InChI=1S/C23H27N3O3S/c1-15(23-24-18-7-5-6-8-21(18)30-23)25(2)14-22(27)26-10-9-16-11-19(28-3)20(29-4)12-17(16)13-26/h5-8,11-12,15H,9-10,13-14H2,1-4H3/t15-/m1/s1. The summed E-state index contributed by atoms with van der Waals surface area (Å²) < 4.78 is 12.0. The lowest BCUT2D eigenvalue weighted by atomic mass is 9.98. The first-order valence-electron chi connectivity index (χ1n) is 10.1. The normalized spacial score (nSPS) is 14.6. The summed E-state index contributed by atoms with van der Waals surface area (Å²) in [5.41, 5.74) is 3.35. The lowest BCUT2D eigenvalue weighted by Gasteiger charge is -2.32. The first-order chi connectivity index (χ1) is 14.5. The fourth-order valence-corrected chi connectivity index (χ4v) is 4.89. The van der Waals surface area contributed by atoms with Gasteiger partial charge in [0.1, 0.15) is 5.01 Å². The van der Waals surface area contributed by atoms with E-state index in [1.54, 1.807) is 25.6 Å². The number of carbonyl (C=O) groups excluding carboxylic acids is 1. The number of para-hydroxylation sites is 1. The van der Waals surface area contributed by atoms with Crippen LogP contribution in [0.25, 0.3) is 10.2 Å². The average molecular weight is 426 g/mol. The maximum Gasteiger partial charge on any atom is 0.237 e. The zero-order valence-corrected chi connectivity index (χ0v) is 18.7. The predicted molar refractivity (Wildman–Crippen MR) is 119 cm³/mol. The maximum absolute atomic E-state index is 13.0. The van der Waals surface area contributed by atoms with Gasteiger partial charge in [0, 0.05) is 13.1 Å². The quantitative estimate of drug-likeness (QED) is 0.600. The van der Waals surface area contributed by atoms with Crippen molar-refractivity contribution in [1.82, 2.24) is 14.8 Å². The Bertz CT molecular complexity index is 1030. The topological polar surface area (TPSA) is 54.9 Å². The molecule has 0 spiro atoms. The summed E-state index contributed by atoms with van der Waals surface area (Å²) in [6.45, 7) is 3.77. The minimum Gasteiger partial charge on any atom is -0.493 e. The Balaban J connectivity index is 1.43. The number of amides is 1. The van der Waals surface area contributed by atoms with Gasteiger partial charge in [-0.1, -0.05) is 12.1 Å². The molecule has 1 aromatic heterocycles. The van der Waals surface area contributed by atoms with Crippen molar-refractivity contribution in [3.05, 3.63) is 52.5 Å². The van der Waals surface area contributed by atoms with Crippen molar-refractivity contribution in [3.8, 4) is 11.5 Å². The van der Waals surface area contributed by atoms with E-state index in [9.17, 15) is 4.79 Å². The molecule has 158 valence electrons. The zero-order chi connectivity index (χ0) is 21.3. The molecule has 7 heteroatoms. The molecular weight excluding hydrogens is 398 g/mol. The number of nitrogens with zero attached hydrogens (tertiary/aromatic N) is 3. The molecule has 6 nitrogen and oxygen atoms in total. The molecule has 0 radical (unpaired) electrons. The van der Waals surface area contributed by atoms with Crippen LogP contribution in [-0.2, 0) is 17.8 Å². The van der Waals surface area contributed by atoms with Crippen molar-refractivity contribution < 1.29 is 14.3 Å². The molecule has 2 aromatic carbocycles. The number of thiazole rings is 1. The molecule has 4 rings (SSSR count). The monoisotopic (exact) mass is 425 g/mol. The third-order valence-corrected chi connectivity index (χ3v) is 6.99. The lowest BCUT2D eigenvalue weighted by molar-refractivity contribution is -0.133. The summed E-state index contributed by atoms with van der Waals surface area (Å²) in [5, 5.41) is 1.03. The van der Waals surface area contributed by atoms with Gasteiger partial charge < -0.3 is 14.4 Å². The Hall–Kier alpha value is -2.64. The fourth-order valence-electron chi connectivity index (χ4n) is 3.80. The number of rotatable bonds is 6. The van der Waals surface area contributed by atoms with E-state index in [0.29, 0.717) is 25.4 Å². The van der Waals surface area contributed by atoms with Gasteiger partial charge in [0.05, 0.1) is 37.0 Å². The number of methoxy groups -OCH3 is 2. The van der Waals surface area contributed by atoms with Crippen LogP contribution < -0.4 is 9.47 Å². The number of hydrogen-bond donors (Lipinski definition) is 0. The van der Waals surface area contributed by atoms with Crippen molar-refractivity contribution in [2.24, 2.45) is 0 Å². The van der Waals surface area contributed by atoms with Gasteiger partial charge in [0.15, 0.2) is 11.5 Å². The highest BCUT2D eigenvalue weighted by Crippen LogP contribution is 2.33. The molecule has 1 aliphatic rings. The molecule has 3 aromatic rings. The van der Waals surface area contributed by atoms with Gasteiger partial charge in [-0.3, -0.25) is 9.69 Å². The highest BCUT2D eigenvalue weighted by molar-refractivity contribution is 7.18. The summed E-state index contributed by atoms with van der Waals surface area (Å²) >= 11 is 1.69. The van der Waals surface area contributed by atoms with Crippen molar-refractivity contribution in [2.75, 3.05) is 34.4 Å². The second-order valence-corrected chi connectivity index (χ2v) is 8.71. The molecule has 1 amide bonds. The van der Waals surface area contributed by atoms with Crippen molar-refractivity contribution in [1.29, 1.82) is 0 Å². The van der Waals surface area contributed by atoms with E-state index in [-0.39, 0.29) is 11.9 Å². The molecule has 0 fully saturated rings.